The van der Waals surface area contributed by atoms with Gasteiger partial charge in [-0.3, -0.25) is 34.5 Å². The third-order valence-corrected chi connectivity index (χ3v) is 18.0. The predicted octanol–water partition coefficient (Wildman–Crippen LogP) is 5.72. The third-order valence-electron chi connectivity index (χ3n) is 18.0. The van der Waals surface area contributed by atoms with E-state index in [4.69, 9.17) is 21.1 Å². The molecule has 2 N–H and O–H groups in total. The Morgan fingerprint density at radius 1 is 0.824 bits per heavy atom. The normalized spacial score (nSPS) is 26.8. The van der Waals surface area contributed by atoms with Crippen LogP contribution in [-0.4, -0.2) is 161 Å². The molecule has 2 aromatic heterocycles. The summed E-state index contributed by atoms with van der Waals surface area (Å²) < 4.78 is 39.0. The minimum atomic E-state index is -0.615. The molecule has 0 aliphatic carbocycles. The molecule has 74 heavy (non-hydrogen) atoms. The standard InChI is InChI=1S/C57H63F2N11O4/c1-2-42-46(58)12-7-36-5-3-6-44(49(36)42)51-50(59)52-45(28-60-51)53(68-31-38-8-9-39(32-68)61-38)64-56(63-52)74-34-57-18-4-20-70(57)41(15-19-57)33-66-25-23-65(24-26-66)29-35-16-21-67(22-17-35)40-10-11-43-37(27-40)30-69(55(43)73)47-13-14-48(71)62-54(47)72/h1,3,5-7,10-12,27-28,35,38-39,41,47,61H,4,8-9,13-26,29-34H2,(H,62,71,72)/t38?,39?,41-,47?,57-/m0/s1. The first-order valence-corrected chi connectivity index (χ1v) is 27.0. The number of nitrogens with zero attached hydrogens (tertiary/aromatic N) is 9. The summed E-state index contributed by atoms with van der Waals surface area (Å²) in [5, 5.41) is 7.75. The highest BCUT2D eigenvalue weighted by molar-refractivity contribution is 6.06. The molecule has 15 nitrogen and oxygen atoms in total. The number of hydrogen-bond acceptors (Lipinski definition) is 13. The molecule has 3 unspecified atom stereocenters. The molecule has 5 atom stereocenters. The molecule has 7 fully saturated rings. The fourth-order valence-electron chi connectivity index (χ4n) is 14.1. The Bertz CT molecular complexity index is 3100. The second-order valence-electron chi connectivity index (χ2n) is 22.3. The number of fused-ring (bicyclic) bond motifs is 6. The van der Waals surface area contributed by atoms with E-state index < -0.39 is 17.7 Å². The van der Waals surface area contributed by atoms with Gasteiger partial charge in [0.2, 0.25) is 11.8 Å². The lowest BCUT2D eigenvalue weighted by atomic mass is 9.95. The van der Waals surface area contributed by atoms with Gasteiger partial charge >= 0.3 is 6.01 Å². The predicted molar refractivity (Wildman–Crippen MR) is 278 cm³/mol. The fourth-order valence-corrected chi connectivity index (χ4v) is 14.1. The molecule has 8 aliphatic heterocycles. The van der Waals surface area contributed by atoms with E-state index in [1.165, 1.54) is 6.07 Å². The first kappa shape index (κ1) is 47.4. The van der Waals surface area contributed by atoms with Crippen LogP contribution in [0.3, 0.4) is 0 Å². The molecule has 0 saturated carbocycles. The second-order valence-corrected chi connectivity index (χ2v) is 22.3. The van der Waals surface area contributed by atoms with Crippen LogP contribution in [0.15, 0.2) is 54.7 Å². The van der Waals surface area contributed by atoms with Crippen LogP contribution in [0.1, 0.15) is 85.7 Å². The maximum atomic E-state index is 17.2. The van der Waals surface area contributed by atoms with Gasteiger partial charge in [-0.2, -0.15) is 9.97 Å². The van der Waals surface area contributed by atoms with Crippen LogP contribution in [0.2, 0.25) is 0 Å². The van der Waals surface area contributed by atoms with Crippen molar-refractivity contribution in [3.63, 3.8) is 0 Å². The lowest BCUT2D eigenvalue weighted by molar-refractivity contribution is -0.136. The Hall–Kier alpha value is -6.32. The molecule has 17 heteroatoms. The Morgan fingerprint density at radius 2 is 1.62 bits per heavy atom. The van der Waals surface area contributed by atoms with E-state index in [0.717, 1.165) is 135 Å². The van der Waals surface area contributed by atoms with E-state index in [-0.39, 0.29) is 52.5 Å². The van der Waals surface area contributed by atoms with Crippen molar-refractivity contribution >= 4 is 50.9 Å². The van der Waals surface area contributed by atoms with Gasteiger partial charge in [-0.05, 0) is 105 Å². The van der Waals surface area contributed by atoms with Crippen LogP contribution < -0.4 is 25.2 Å². The van der Waals surface area contributed by atoms with Gasteiger partial charge in [0, 0.05) is 125 Å². The van der Waals surface area contributed by atoms with Crippen LogP contribution in [0.5, 0.6) is 6.01 Å². The fraction of sp³-hybridized carbons (Fsp3) is 0.509. The Balaban J connectivity index is 0.641. The largest absolute Gasteiger partial charge is 0.461 e. The molecule has 10 heterocycles. The van der Waals surface area contributed by atoms with Gasteiger partial charge in [0.1, 0.15) is 35.5 Å². The molecular weight excluding hydrogens is 941 g/mol. The zero-order valence-corrected chi connectivity index (χ0v) is 41.8. The van der Waals surface area contributed by atoms with E-state index in [0.29, 0.717) is 76.7 Å². The number of imide groups is 1. The van der Waals surface area contributed by atoms with Gasteiger partial charge < -0.3 is 29.7 Å². The SMILES string of the molecule is C#Cc1c(F)ccc2cccc(-c3ncc4c(N5CC6CCC(C5)N6)nc(OC[C@@]56CCCN5[C@H](CN5CCN(CC7CCN(c8ccc9c(c8)CN(C8CCC(=O)NC8=O)C9=O)CC7)CC5)CC6)nc4c3F)c12. The van der Waals surface area contributed by atoms with Gasteiger partial charge in [-0.1, -0.05) is 30.2 Å². The number of hydrogen-bond donors (Lipinski definition) is 2. The zero-order chi connectivity index (χ0) is 50.2. The van der Waals surface area contributed by atoms with E-state index in [2.05, 4.69) is 52.1 Å². The number of ether oxygens (including phenoxy) is 1. The maximum Gasteiger partial charge on any atom is 0.319 e. The number of amides is 3. The summed E-state index contributed by atoms with van der Waals surface area (Å²) in [6.45, 7) is 11.7. The average Bonchev–Trinajstić information content (AvgIpc) is 4.18. The van der Waals surface area contributed by atoms with Gasteiger partial charge in [-0.25, -0.2) is 8.78 Å². The van der Waals surface area contributed by atoms with Gasteiger partial charge in [0.05, 0.1) is 16.5 Å². The highest BCUT2D eigenvalue weighted by Crippen LogP contribution is 2.44. The summed E-state index contributed by atoms with van der Waals surface area (Å²) in [6.07, 6.45) is 16.8. The summed E-state index contributed by atoms with van der Waals surface area (Å²) >= 11 is 0. The number of nitrogens with one attached hydrogen (secondary N) is 2. The number of anilines is 2. The van der Waals surface area contributed by atoms with Crippen LogP contribution in [0.4, 0.5) is 20.3 Å². The van der Waals surface area contributed by atoms with E-state index in [1.54, 1.807) is 29.3 Å². The molecular formula is C57H63F2N11O4. The van der Waals surface area contributed by atoms with Crippen LogP contribution in [0, 0.1) is 29.9 Å². The first-order valence-electron chi connectivity index (χ1n) is 27.0. The topological polar surface area (TPSA) is 143 Å². The number of halogens is 2. The first-order chi connectivity index (χ1) is 36.1. The summed E-state index contributed by atoms with van der Waals surface area (Å²) in [6, 6.07) is 15.1. The van der Waals surface area contributed by atoms with Gasteiger partial charge in [0.15, 0.2) is 5.82 Å². The molecule has 3 aromatic carbocycles. The number of rotatable bonds is 11. The van der Waals surface area contributed by atoms with Crippen LogP contribution in [-0.2, 0) is 16.1 Å². The Labute approximate surface area is 430 Å². The lowest BCUT2D eigenvalue weighted by Gasteiger charge is -2.41. The summed E-state index contributed by atoms with van der Waals surface area (Å²) in [5.74, 6) is 1.81. The van der Waals surface area contributed by atoms with Gasteiger partial charge in [-0.15, -0.1) is 6.42 Å². The van der Waals surface area contributed by atoms with Crippen molar-refractivity contribution in [1.29, 1.82) is 0 Å². The van der Waals surface area contributed by atoms with Crippen molar-refractivity contribution in [1.82, 2.24) is 45.2 Å². The minimum Gasteiger partial charge on any atom is -0.461 e. The highest BCUT2D eigenvalue weighted by atomic mass is 19.1. The second kappa shape index (κ2) is 19.1. The van der Waals surface area contributed by atoms with Crippen molar-refractivity contribution in [2.45, 2.75) is 100 Å². The number of terminal acetylenes is 1. The highest BCUT2D eigenvalue weighted by Gasteiger charge is 2.50. The van der Waals surface area contributed by atoms with E-state index in [1.807, 2.05) is 18.2 Å². The quantitative estimate of drug-likeness (QED) is 0.123. The van der Waals surface area contributed by atoms with Crippen molar-refractivity contribution in [3.8, 4) is 29.6 Å². The summed E-state index contributed by atoms with van der Waals surface area (Å²) in [5.41, 5.74) is 3.26. The molecule has 8 aliphatic rings. The molecule has 384 valence electrons. The van der Waals surface area contributed by atoms with Crippen molar-refractivity contribution in [3.05, 3.63) is 83.1 Å². The number of pyridine rings is 1. The molecule has 0 radical (unpaired) electrons. The van der Waals surface area contributed by atoms with Crippen molar-refractivity contribution in [2.75, 3.05) is 88.4 Å². The number of piperazine rings is 2. The molecule has 0 spiro atoms. The smallest absolute Gasteiger partial charge is 0.319 e. The lowest BCUT2D eigenvalue weighted by Crippen LogP contribution is -2.53. The van der Waals surface area contributed by atoms with Crippen LogP contribution >= 0.6 is 0 Å². The van der Waals surface area contributed by atoms with Crippen molar-refractivity contribution in [2.24, 2.45) is 5.92 Å². The third kappa shape index (κ3) is 8.51. The molecule has 13 rings (SSSR count). The molecule has 5 aromatic rings. The van der Waals surface area contributed by atoms with E-state index >= 15 is 8.78 Å². The number of piperidine rings is 2. The maximum absolute atomic E-state index is 17.2. The minimum absolute atomic E-state index is 0.0546. The Morgan fingerprint density at radius 3 is 2.41 bits per heavy atom. The Kier molecular flexibility index (Phi) is 12.2. The number of aromatic nitrogens is 3. The molecule has 2 bridgehead atoms. The van der Waals surface area contributed by atoms with Crippen LogP contribution in [0.25, 0.3) is 32.9 Å². The van der Waals surface area contributed by atoms with E-state index in [9.17, 15) is 14.4 Å². The summed E-state index contributed by atoms with van der Waals surface area (Å²) in [4.78, 5) is 66.4. The zero-order valence-electron chi connectivity index (χ0n) is 41.8. The summed E-state index contributed by atoms with van der Waals surface area (Å²) in [7, 11) is 0. The molecule has 3 amide bonds. The van der Waals surface area contributed by atoms with Gasteiger partial charge in [0.25, 0.3) is 5.91 Å². The molecule has 7 saturated heterocycles. The monoisotopic (exact) mass is 1000 g/mol. The number of benzene rings is 3. The number of carbonyl (C=O) groups excluding carboxylic acids is 3. The van der Waals surface area contributed by atoms with Crippen molar-refractivity contribution < 1.29 is 27.9 Å². The number of carbonyl (C=O) groups is 3. The average molecular weight is 1000 g/mol.